The number of anilines is 1. The summed E-state index contributed by atoms with van der Waals surface area (Å²) in [6.07, 6.45) is 5.62. The first-order chi connectivity index (χ1) is 8.24. The molecule has 1 aromatic heterocycles. The van der Waals surface area contributed by atoms with Gasteiger partial charge in [-0.05, 0) is 41.6 Å². The van der Waals surface area contributed by atoms with Gasteiger partial charge in [-0.25, -0.2) is 9.97 Å². The van der Waals surface area contributed by atoms with E-state index in [0.29, 0.717) is 11.2 Å². The van der Waals surface area contributed by atoms with Crippen LogP contribution in [0.15, 0.2) is 10.8 Å². The Labute approximate surface area is 114 Å². The summed E-state index contributed by atoms with van der Waals surface area (Å²) in [6.45, 7) is 1.23. The summed E-state index contributed by atoms with van der Waals surface area (Å²) in [5, 5.41) is 9.35. The molecule has 1 aliphatic heterocycles. The Hall–Kier alpha value is -0.390. The lowest BCUT2D eigenvalue weighted by atomic mass is 10.1. The zero-order chi connectivity index (χ0) is 12.3. The fraction of sp³-hybridized carbons (Fsp3) is 0.636. The summed E-state index contributed by atoms with van der Waals surface area (Å²) in [6, 6.07) is 0.449. The van der Waals surface area contributed by atoms with Crippen molar-refractivity contribution in [2.75, 3.05) is 18.1 Å². The highest BCUT2D eigenvalue weighted by atomic mass is 79.9. The Morgan fingerprint density at radius 3 is 3.12 bits per heavy atom. The highest BCUT2D eigenvalue weighted by Crippen LogP contribution is 2.34. The van der Waals surface area contributed by atoms with Crippen molar-refractivity contribution in [3.8, 4) is 0 Å². The van der Waals surface area contributed by atoms with E-state index in [1.165, 1.54) is 6.33 Å². The van der Waals surface area contributed by atoms with Gasteiger partial charge in [-0.15, -0.1) is 0 Å². The quantitative estimate of drug-likeness (QED) is 0.867. The Balaban J connectivity index is 2.17. The number of aromatic nitrogens is 2. The van der Waals surface area contributed by atoms with E-state index in [0.717, 1.165) is 42.5 Å². The molecule has 4 nitrogen and oxygen atoms in total. The molecule has 0 aromatic carbocycles. The number of halogens is 2. The van der Waals surface area contributed by atoms with Crippen LogP contribution in [0.4, 0.5) is 5.82 Å². The van der Waals surface area contributed by atoms with Crippen molar-refractivity contribution in [3.05, 3.63) is 16.0 Å². The van der Waals surface area contributed by atoms with Crippen LogP contribution < -0.4 is 4.90 Å². The highest BCUT2D eigenvalue weighted by Gasteiger charge is 2.27. The number of hydrogen-bond donors (Lipinski definition) is 1. The molecular weight excluding hydrogens is 305 g/mol. The second kappa shape index (κ2) is 5.98. The number of hydrogen-bond acceptors (Lipinski definition) is 4. The number of aliphatic hydroxyl groups excluding tert-OH is 1. The third-order valence-electron chi connectivity index (χ3n) is 3.07. The molecule has 94 valence electrons. The predicted molar refractivity (Wildman–Crippen MR) is 71.4 cm³/mol. The van der Waals surface area contributed by atoms with Gasteiger partial charge in [0.1, 0.15) is 17.3 Å². The van der Waals surface area contributed by atoms with Crippen molar-refractivity contribution in [1.82, 2.24) is 9.97 Å². The van der Waals surface area contributed by atoms with Crippen LogP contribution in [0, 0.1) is 0 Å². The van der Waals surface area contributed by atoms with Crippen molar-refractivity contribution < 1.29 is 5.11 Å². The summed E-state index contributed by atoms with van der Waals surface area (Å²) < 4.78 is 0.762. The van der Waals surface area contributed by atoms with Crippen LogP contribution in [0.3, 0.4) is 0 Å². The van der Waals surface area contributed by atoms with Gasteiger partial charge in [0.2, 0.25) is 0 Å². The molecule has 1 aromatic rings. The minimum absolute atomic E-state index is 0.246. The lowest BCUT2D eigenvalue weighted by molar-refractivity contribution is 0.279. The fourth-order valence-electron chi connectivity index (χ4n) is 2.28. The molecule has 1 N–H and O–H groups in total. The van der Waals surface area contributed by atoms with Crippen molar-refractivity contribution in [2.45, 2.75) is 31.7 Å². The van der Waals surface area contributed by atoms with E-state index in [2.05, 4.69) is 30.8 Å². The highest BCUT2D eigenvalue weighted by molar-refractivity contribution is 9.10. The normalized spacial score (nSPS) is 19.9. The van der Waals surface area contributed by atoms with Gasteiger partial charge in [0, 0.05) is 19.2 Å². The molecule has 6 heteroatoms. The number of rotatable bonds is 4. The van der Waals surface area contributed by atoms with Crippen LogP contribution in [0.25, 0.3) is 0 Å². The lowest BCUT2D eigenvalue weighted by Gasteiger charge is -2.26. The van der Waals surface area contributed by atoms with Crippen LogP contribution in [0.5, 0.6) is 0 Å². The van der Waals surface area contributed by atoms with E-state index in [1.807, 2.05) is 0 Å². The molecule has 0 bridgehead atoms. The van der Waals surface area contributed by atoms with Crippen molar-refractivity contribution in [1.29, 1.82) is 0 Å². The second-order valence-electron chi connectivity index (χ2n) is 4.16. The average molecular weight is 321 g/mol. The van der Waals surface area contributed by atoms with Crippen molar-refractivity contribution in [3.63, 3.8) is 0 Å². The van der Waals surface area contributed by atoms with E-state index >= 15 is 0 Å². The third kappa shape index (κ3) is 2.89. The van der Waals surface area contributed by atoms with Crippen LogP contribution in [-0.4, -0.2) is 34.3 Å². The van der Waals surface area contributed by atoms with E-state index in [9.17, 15) is 0 Å². The molecule has 1 saturated heterocycles. The molecule has 0 amide bonds. The van der Waals surface area contributed by atoms with Gasteiger partial charge < -0.3 is 10.0 Å². The Morgan fingerprint density at radius 1 is 1.53 bits per heavy atom. The van der Waals surface area contributed by atoms with Gasteiger partial charge in [-0.3, -0.25) is 0 Å². The summed E-state index contributed by atoms with van der Waals surface area (Å²) in [5.74, 6) is 0.866. The van der Waals surface area contributed by atoms with E-state index in [4.69, 9.17) is 16.7 Å². The topological polar surface area (TPSA) is 49.2 Å². The first-order valence-corrected chi connectivity index (χ1v) is 6.94. The predicted octanol–water partition coefficient (Wildman–Crippen LogP) is 2.63. The smallest absolute Gasteiger partial charge is 0.148 e. The SMILES string of the molecule is OCCCC1CCCN1c1ncnc(Cl)c1Br. The fourth-order valence-corrected chi connectivity index (χ4v) is 2.84. The Bertz CT molecular complexity index is 391. The maximum Gasteiger partial charge on any atom is 0.148 e. The Morgan fingerprint density at radius 2 is 2.35 bits per heavy atom. The maximum absolute atomic E-state index is 8.91. The third-order valence-corrected chi connectivity index (χ3v) is 4.32. The molecule has 2 rings (SSSR count). The molecular formula is C11H15BrClN3O. The van der Waals surface area contributed by atoms with Gasteiger partial charge in [0.05, 0.1) is 4.47 Å². The van der Waals surface area contributed by atoms with Crippen molar-refractivity contribution >= 4 is 33.3 Å². The van der Waals surface area contributed by atoms with E-state index in [-0.39, 0.29) is 6.61 Å². The first-order valence-electron chi connectivity index (χ1n) is 5.77. The zero-order valence-corrected chi connectivity index (χ0v) is 11.8. The molecule has 1 aliphatic rings. The van der Waals surface area contributed by atoms with Crippen LogP contribution in [-0.2, 0) is 0 Å². The second-order valence-corrected chi connectivity index (χ2v) is 5.31. The van der Waals surface area contributed by atoms with Gasteiger partial charge in [0.25, 0.3) is 0 Å². The van der Waals surface area contributed by atoms with Crippen LogP contribution in [0.2, 0.25) is 5.15 Å². The molecule has 17 heavy (non-hydrogen) atoms. The first kappa shape index (κ1) is 13.1. The summed E-state index contributed by atoms with van der Waals surface area (Å²) >= 11 is 9.42. The molecule has 1 unspecified atom stereocenters. The molecule has 1 atom stereocenters. The largest absolute Gasteiger partial charge is 0.396 e. The molecule has 0 saturated carbocycles. The summed E-state index contributed by atoms with van der Waals surface area (Å²) in [5.41, 5.74) is 0. The van der Waals surface area contributed by atoms with Gasteiger partial charge in [-0.1, -0.05) is 11.6 Å². The molecule has 0 radical (unpaired) electrons. The maximum atomic E-state index is 8.91. The van der Waals surface area contributed by atoms with E-state index in [1.54, 1.807) is 0 Å². The summed E-state index contributed by atoms with van der Waals surface area (Å²) in [7, 11) is 0. The molecule has 0 spiro atoms. The molecule has 1 fully saturated rings. The van der Waals surface area contributed by atoms with Gasteiger partial charge in [0.15, 0.2) is 0 Å². The average Bonchev–Trinajstić information content (AvgIpc) is 2.78. The minimum atomic E-state index is 0.246. The monoisotopic (exact) mass is 319 g/mol. The van der Waals surface area contributed by atoms with Gasteiger partial charge >= 0.3 is 0 Å². The van der Waals surface area contributed by atoms with Crippen LogP contribution >= 0.6 is 27.5 Å². The number of nitrogens with zero attached hydrogens (tertiary/aromatic N) is 3. The van der Waals surface area contributed by atoms with Gasteiger partial charge in [-0.2, -0.15) is 0 Å². The minimum Gasteiger partial charge on any atom is -0.396 e. The van der Waals surface area contributed by atoms with Crippen molar-refractivity contribution in [2.24, 2.45) is 0 Å². The molecule has 2 heterocycles. The number of aliphatic hydroxyl groups is 1. The standard InChI is InChI=1S/C11H15BrClN3O/c12-9-10(13)14-7-15-11(9)16-5-1-3-8(16)4-2-6-17/h7-8,17H,1-6H2. The lowest BCUT2D eigenvalue weighted by Crippen LogP contribution is -2.30. The van der Waals surface area contributed by atoms with Crippen LogP contribution in [0.1, 0.15) is 25.7 Å². The van der Waals surface area contributed by atoms with E-state index < -0.39 is 0 Å². The summed E-state index contributed by atoms with van der Waals surface area (Å²) in [4.78, 5) is 10.5. The Kier molecular flexibility index (Phi) is 4.59. The molecule has 0 aliphatic carbocycles. The zero-order valence-electron chi connectivity index (χ0n) is 9.44.